The molecule has 0 aromatic heterocycles. The van der Waals surface area contributed by atoms with E-state index >= 15 is 0 Å². The second-order valence-corrected chi connectivity index (χ2v) is 6.60. The SMILES string of the molecule is O=C(c1ccc(Cl)cc1)C1CCN(C(=O)C2CCNC2)CC1. The molecule has 1 aromatic rings. The third kappa shape index (κ3) is 3.33. The fourth-order valence-electron chi connectivity index (χ4n) is 3.34. The van der Waals surface area contributed by atoms with Crippen LogP contribution in [0.15, 0.2) is 24.3 Å². The summed E-state index contributed by atoms with van der Waals surface area (Å²) in [5, 5.41) is 3.87. The normalized spacial score (nSPS) is 22.8. The van der Waals surface area contributed by atoms with Gasteiger partial charge in [-0.1, -0.05) is 11.6 Å². The summed E-state index contributed by atoms with van der Waals surface area (Å²) >= 11 is 5.86. The molecule has 0 bridgehead atoms. The fraction of sp³-hybridized carbons (Fsp3) is 0.529. The molecule has 0 spiro atoms. The molecular weight excluding hydrogens is 300 g/mol. The van der Waals surface area contributed by atoms with Gasteiger partial charge in [0, 0.05) is 36.1 Å². The maximum Gasteiger partial charge on any atom is 0.227 e. The Kier molecular flexibility index (Phi) is 4.79. The second-order valence-electron chi connectivity index (χ2n) is 6.16. The summed E-state index contributed by atoms with van der Waals surface area (Å²) in [6.45, 7) is 3.11. The lowest BCUT2D eigenvalue weighted by Crippen LogP contribution is -2.43. The molecular formula is C17H21ClN2O2. The first-order chi connectivity index (χ1) is 10.6. The monoisotopic (exact) mass is 320 g/mol. The largest absolute Gasteiger partial charge is 0.342 e. The molecule has 4 nitrogen and oxygen atoms in total. The Morgan fingerprint density at radius 3 is 2.32 bits per heavy atom. The number of likely N-dealkylation sites (tertiary alicyclic amines) is 1. The summed E-state index contributed by atoms with van der Waals surface area (Å²) in [5.41, 5.74) is 0.717. The lowest BCUT2D eigenvalue weighted by atomic mass is 9.88. The molecule has 2 fully saturated rings. The van der Waals surface area contributed by atoms with E-state index in [4.69, 9.17) is 11.6 Å². The Morgan fingerprint density at radius 2 is 1.73 bits per heavy atom. The first kappa shape index (κ1) is 15.5. The van der Waals surface area contributed by atoms with E-state index in [1.807, 2.05) is 4.90 Å². The van der Waals surface area contributed by atoms with Crippen LogP contribution < -0.4 is 5.32 Å². The smallest absolute Gasteiger partial charge is 0.227 e. The van der Waals surface area contributed by atoms with Gasteiger partial charge in [0.1, 0.15) is 0 Å². The van der Waals surface area contributed by atoms with Gasteiger partial charge in [-0.15, -0.1) is 0 Å². The summed E-state index contributed by atoms with van der Waals surface area (Å²) in [5.74, 6) is 0.573. The van der Waals surface area contributed by atoms with Crippen molar-refractivity contribution in [2.45, 2.75) is 19.3 Å². The van der Waals surface area contributed by atoms with Crippen LogP contribution in [-0.2, 0) is 4.79 Å². The topological polar surface area (TPSA) is 49.4 Å². The number of benzene rings is 1. The molecule has 3 rings (SSSR count). The van der Waals surface area contributed by atoms with Crippen molar-refractivity contribution in [1.82, 2.24) is 10.2 Å². The van der Waals surface area contributed by atoms with Gasteiger partial charge >= 0.3 is 0 Å². The first-order valence-electron chi connectivity index (χ1n) is 7.94. The van der Waals surface area contributed by atoms with Crippen molar-refractivity contribution in [3.8, 4) is 0 Å². The molecule has 2 heterocycles. The second kappa shape index (κ2) is 6.80. The van der Waals surface area contributed by atoms with E-state index in [9.17, 15) is 9.59 Å². The Morgan fingerprint density at radius 1 is 1.05 bits per heavy atom. The average molecular weight is 321 g/mol. The van der Waals surface area contributed by atoms with E-state index in [1.54, 1.807) is 24.3 Å². The van der Waals surface area contributed by atoms with Crippen LogP contribution in [-0.4, -0.2) is 42.8 Å². The summed E-state index contributed by atoms with van der Waals surface area (Å²) in [6, 6.07) is 7.07. The standard InChI is InChI=1S/C17H21ClN2O2/c18-15-3-1-12(2-4-15)16(21)13-6-9-20(10-7-13)17(22)14-5-8-19-11-14/h1-4,13-14,19H,5-11H2. The highest BCUT2D eigenvalue weighted by molar-refractivity contribution is 6.30. The Bertz CT molecular complexity index is 544. The number of hydrogen-bond acceptors (Lipinski definition) is 3. The minimum atomic E-state index is 0.0203. The van der Waals surface area contributed by atoms with Crippen molar-refractivity contribution in [3.05, 3.63) is 34.9 Å². The third-order valence-corrected chi connectivity index (χ3v) is 4.97. The minimum absolute atomic E-state index is 0.0203. The van der Waals surface area contributed by atoms with Crippen molar-refractivity contribution in [2.75, 3.05) is 26.2 Å². The van der Waals surface area contributed by atoms with Crippen molar-refractivity contribution in [1.29, 1.82) is 0 Å². The highest BCUT2D eigenvalue weighted by atomic mass is 35.5. The number of amides is 1. The van der Waals surface area contributed by atoms with Crippen molar-refractivity contribution in [3.63, 3.8) is 0 Å². The van der Waals surface area contributed by atoms with Crippen LogP contribution >= 0.6 is 11.6 Å². The van der Waals surface area contributed by atoms with Crippen LogP contribution in [0.1, 0.15) is 29.6 Å². The minimum Gasteiger partial charge on any atom is -0.342 e. The van der Waals surface area contributed by atoms with Gasteiger partial charge in [0.2, 0.25) is 5.91 Å². The van der Waals surface area contributed by atoms with Gasteiger partial charge in [-0.05, 0) is 50.1 Å². The van der Waals surface area contributed by atoms with Crippen LogP contribution in [0, 0.1) is 11.8 Å². The lowest BCUT2D eigenvalue weighted by Gasteiger charge is -2.33. The van der Waals surface area contributed by atoms with E-state index in [0.717, 1.165) is 32.4 Å². The molecule has 118 valence electrons. The third-order valence-electron chi connectivity index (χ3n) is 4.72. The summed E-state index contributed by atoms with van der Waals surface area (Å²) in [6.07, 6.45) is 2.45. The molecule has 1 N–H and O–H groups in total. The highest BCUT2D eigenvalue weighted by Crippen LogP contribution is 2.24. The maximum absolute atomic E-state index is 12.5. The maximum atomic E-state index is 12.5. The number of nitrogens with one attached hydrogen (secondary N) is 1. The zero-order chi connectivity index (χ0) is 15.5. The van der Waals surface area contributed by atoms with E-state index in [1.165, 1.54) is 0 Å². The molecule has 1 unspecified atom stereocenters. The number of piperidine rings is 1. The van der Waals surface area contributed by atoms with Gasteiger partial charge in [0.05, 0.1) is 5.92 Å². The van der Waals surface area contributed by atoms with E-state index in [-0.39, 0.29) is 23.5 Å². The van der Waals surface area contributed by atoms with Crippen LogP contribution in [0.3, 0.4) is 0 Å². The number of halogens is 1. The number of rotatable bonds is 3. The fourth-order valence-corrected chi connectivity index (χ4v) is 3.46. The van der Waals surface area contributed by atoms with Crippen LogP contribution in [0.25, 0.3) is 0 Å². The van der Waals surface area contributed by atoms with Gasteiger partial charge in [-0.25, -0.2) is 0 Å². The van der Waals surface area contributed by atoms with Gasteiger partial charge in [-0.2, -0.15) is 0 Å². The van der Waals surface area contributed by atoms with E-state index in [0.29, 0.717) is 23.7 Å². The number of hydrogen-bond donors (Lipinski definition) is 1. The van der Waals surface area contributed by atoms with Crippen molar-refractivity contribution < 1.29 is 9.59 Å². The molecule has 1 atom stereocenters. The highest BCUT2D eigenvalue weighted by Gasteiger charge is 2.32. The van der Waals surface area contributed by atoms with Gasteiger partial charge in [0.15, 0.2) is 5.78 Å². The Labute approximate surface area is 135 Å². The Balaban J connectivity index is 1.56. The quantitative estimate of drug-likeness (QED) is 0.870. The van der Waals surface area contributed by atoms with Gasteiger partial charge in [-0.3, -0.25) is 9.59 Å². The zero-order valence-electron chi connectivity index (χ0n) is 12.6. The molecule has 2 aliphatic rings. The summed E-state index contributed by atoms with van der Waals surface area (Å²) < 4.78 is 0. The van der Waals surface area contributed by atoms with Crippen molar-refractivity contribution >= 4 is 23.3 Å². The predicted octanol–water partition coefficient (Wildman–Crippen LogP) is 2.37. The molecule has 5 heteroatoms. The molecule has 1 aromatic carbocycles. The molecule has 2 saturated heterocycles. The van der Waals surface area contributed by atoms with Crippen LogP contribution in [0.4, 0.5) is 0 Å². The van der Waals surface area contributed by atoms with Crippen molar-refractivity contribution in [2.24, 2.45) is 11.8 Å². The van der Waals surface area contributed by atoms with Gasteiger partial charge in [0.25, 0.3) is 0 Å². The predicted molar refractivity (Wildman–Crippen MR) is 86.1 cm³/mol. The van der Waals surface area contributed by atoms with Gasteiger partial charge < -0.3 is 10.2 Å². The number of ketones is 1. The molecule has 2 aliphatic heterocycles. The summed E-state index contributed by atoms with van der Waals surface area (Å²) in [4.78, 5) is 26.8. The zero-order valence-corrected chi connectivity index (χ0v) is 13.3. The molecule has 0 radical (unpaired) electrons. The first-order valence-corrected chi connectivity index (χ1v) is 8.32. The van der Waals surface area contributed by atoms with Crippen LogP contribution in [0.2, 0.25) is 5.02 Å². The molecule has 22 heavy (non-hydrogen) atoms. The number of nitrogens with zero attached hydrogens (tertiary/aromatic N) is 1. The number of Topliss-reactive ketones (excluding diaryl/α,β-unsaturated/α-hetero) is 1. The summed E-state index contributed by atoms with van der Waals surface area (Å²) in [7, 11) is 0. The molecule has 0 saturated carbocycles. The number of carbonyl (C=O) groups is 2. The average Bonchev–Trinajstić information content (AvgIpc) is 3.09. The Hall–Kier alpha value is -1.39. The molecule has 0 aliphatic carbocycles. The lowest BCUT2D eigenvalue weighted by molar-refractivity contribution is -0.136. The number of carbonyl (C=O) groups excluding carboxylic acids is 2. The van der Waals surface area contributed by atoms with Crippen LogP contribution in [0.5, 0.6) is 0 Å². The van der Waals surface area contributed by atoms with E-state index in [2.05, 4.69) is 5.32 Å². The molecule has 1 amide bonds. The van der Waals surface area contributed by atoms with E-state index < -0.39 is 0 Å².